The number of ether oxygens (including phenoxy) is 2. The van der Waals surface area contributed by atoms with Crippen LogP contribution in [0.15, 0.2) is 0 Å². The monoisotopic (exact) mass is 318 g/mol. The van der Waals surface area contributed by atoms with Crippen molar-refractivity contribution in [3.63, 3.8) is 0 Å². The van der Waals surface area contributed by atoms with Crippen LogP contribution in [0.25, 0.3) is 0 Å². The molecule has 1 aromatic heterocycles. The van der Waals surface area contributed by atoms with Gasteiger partial charge in [-0.1, -0.05) is 0 Å². The second kappa shape index (κ2) is 4.97. The van der Waals surface area contributed by atoms with E-state index < -0.39 is 29.0 Å². The van der Waals surface area contributed by atoms with Crippen LogP contribution in [-0.2, 0) is 22.2 Å². The van der Waals surface area contributed by atoms with Gasteiger partial charge in [-0.25, -0.2) is 4.79 Å². The van der Waals surface area contributed by atoms with Crippen LogP contribution in [0.5, 0.6) is 0 Å². The smallest absolute Gasteiger partial charge is 0.420 e. The summed E-state index contributed by atoms with van der Waals surface area (Å²) in [6, 6.07) is 0. The minimum Gasteiger partial charge on any atom is -0.461 e. The molecule has 4 rings (SSSR count). The van der Waals surface area contributed by atoms with Crippen LogP contribution in [0.2, 0.25) is 0 Å². The lowest BCUT2D eigenvalue weighted by atomic mass is 9.74. The van der Waals surface area contributed by atoms with Crippen molar-refractivity contribution in [2.45, 2.75) is 45.0 Å². The van der Waals surface area contributed by atoms with Crippen LogP contribution in [0.4, 0.5) is 13.2 Å². The molecule has 0 amide bonds. The standard InChI is InChI=1S/C14H17F3N2O3/c1-3-21-12(20)11-10(14(15,16)17)8(2)18-19(11)7-13-4-9(5-13)6-22-13/h9H,3-7H2,1-2H3. The molecule has 1 saturated carbocycles. The minimum absolute atomic E-state index is 0.00404. The third-order valence-corrected chi connectivity index (χ3v) is 4.26. The SMILES string of the molecule is CCOC(=O)c1c(C(F)(F)F)c(C)nn1CC12CC(CO1)C2. The van der Waals surface area contributed by atoms with Gasteiger partial charge in [-0.15, -0.1) is 0 Å². The van der Waals surface area contributed by atoms with Gasteiger partial charge in [-0.2, -0.15) is 18.3 Å². The molecular formula is C14H17F3N2O3. The summed E-state index contributed by atoms with van der Waals surface area (Å²) in [4.78, 5) is 12.0. The summed E-state index contributed by atoms with van der Waals surface area (Å²) in [5.74, 6) is -0.523. The molecule has 0 aromatic carbocycles. The van der Waals surface area contributed by atoms with E-state index in [9.17, 15) is 18.0 Å². The van der Waals surface area contributed by atoms with Crippen molar-refractivity contribution in [3.05, 3.63) is 17.0 Å². The Hall–Kier alpha value is -1.57. The summed E-state index contributed by atoms with van der Waals surface area (Å²) in [6.07, 6.45) is -3.05. The van der Waals surface area contributed by atoms with Gasteiger partial charge in [0.05, 0.1) is 31.1 Å². The lowest BCUT2D eigenvalue weighted by Gasteiger charge is -2.35. The van der Waals surface area contributed by atoms with Crippen LogP contribution in [0.3, 0.4) is 0 Å². The maximum absolute atomic E-state index is 13.2. The molecule has 0 unspecified atom stereocenters. The van der Waals surface area contributed by atoms with E-state index in [1.165, 1.54) is 6.92 Å². The van der Waals surface area contributed by atoms with Crippen LogP contribution in [0, 0.1) is 12.8 Å². The number of hydrogen-bond acceptors (Lipinski definition) is 4. The summed E-state index contributed by atoms with van der Waals surface area (Å²) in [6.45, 7) is 3.58. The number of rotatable bonds is 4. The molecule has 122 valence electrons. The molecule has 1 aromatic rings. The molecule has 2 bridgehead atoms. The molecule has 0 atom stereocenters. The highest BCUT2D eigenvalue weighted by atomic mass is 19.4. The first kappa shape index (κ1) is 15.3. The molecule has 1 aliphatic carbocycles. The van der Waals surface area contributed by atoms with Crippen molar-refractivity contribution in [1.29, 1.82) is 0 Å². The van der Waals surface area contributed by atoms with E-state index in [-0.39, 0.29) is 18.8 Å². The largest absolute Gasteiger partial charge is 0.461 e. The van der Waals surface area contributed by atoms with E-state index in [4.69, 9.17) is 9.47 Å². The molecule has 3 fully saturated rings. The van der Waals surface area contributed by atoms with E-state index >= 15 is 0 Å². The first-order valence-corrected chi connectivity index (χ1v) is 7.21. The van der Waals surface area contributed by atoms with Gasteiger partial charge in [0.1, 0.15) is 5.56 Å². The number of nitrogens with zero attached hydrogens (tertiary/aromatic N) is 2. The first-order chi connectivity index (χ1) is 10.3. The first-order valence-electron chi connectivity index (χ1n) is 7.21. The van der Waals surface area contributed by atoms with E-state index in [0.29, 0.717) is 12.5 Å². The van der Waals surface area contributed by atoms with Gasteiger partial charge in [0.2, 0.25) is 0 Å². The fourth-order valence-corrected chi connectivity index (χ4v) is 3.41. The summed E-state index contributed by atoms with van der Waals surface area (Å²) >= 11 is 0. The number of hydrogen-bond donors (Lipinski definition) is 0. The molecule has 2 aliphatic heterocycles. The Kier molecular flexibility index (Phi) is 3.47. The number of carbonyl (C=O) groups is 1. The fourth-order valence-electron chi connectivity index (χ4n) is 3.41. The normalized spacial score (nSPS) is 26.9. The lowest BCUT2D eigenvalue weighted by Crippen LogP contribution is -2.41. The quantitative estimate of drug-likeness (QED) is 0.801. The van der Waals surface area contributed by atoms with Gasteiger partial charge in [-0.05, 0) is 32.6 Å². The zero-order valence-electron chi connectivity index (χ0n) is 12.4. The average molecular weight is 318 g/mol. The number of alkyl halides is 3. The van der Waals surface area contributed by atoms with Crippen LogP contribution in [-0.4, -0.2) is 34.6 Å². The Bertz CT molecular complexity index is 598. The maximum atomic E-state index is 13.2. The lowest BCUT2D eigenvalue weighted by molar-refractivity contribution is -0.138. The zero-order chi connectivity index (χ0) is 16.1. The summed E-state index contributed by atoms with van der Waals surface area (Å²) in [5, 5.41) is 3.93. The number of esters is 1. The van der Waals surface area contributed by atoms with Crippen molar-refractivity contribution in [3.8, 4) is 0 Å². The number of aryl methyl sites for hydroxylation is 1. The van der Waals surface area contributed by atoms with Crippen molar-refractivity contribution in [2.24, 2.45) is 5.92 Å². The average Bonchev–Trinajstić information content (AvgIpc) is 3.00. The van der Waals surface area contributed by atoms with Crippen LogP contribution in [0.1, 0.15) is 41.5 Å². The van der Waals surface area contributed by atoms with E-state index in [1.54, 1.807) is 6.92 Å². The highest BCUT2D eigenvalue weighted by Gasteiger charge is 2.53. The van der Waals surface area contributed by atoms with E-state index in [2.05, 4.69) is 5.10 Å². The Balaban J connectivity index is 1.99. The summed E-state index contributed by atoms with van der Waals surface area (Å²) < 4.78 is 51.3. The fraction of sp³-hybridized carbons (Fsp3) is 0.714. The van der Waals surface area contributed by atoms with Crippen LogP contribution < -0.4 is 0 Å². The highest BCUT2D eigenvalue weighted by Crippen LogP contribution is 2.49. The molecule has 5 nitrogen and oxygen atoms in total. The Labute approximate surface area is 125 Å². The van der Waals surface area contributed by atoms with E-state index in [1.807, 2.05) is 0 Å². The molecule has 2 saturated heterocycles. The third-order valence-electron chi connectivity index (χ3n) is 4.26. The molecule has 3 heterocycles. The number of aromatic nitrogens is 2. The maximum Gasteiger partial charge on any atom is 0.420 e. The zero-order valence-corrected chi connectivity index (χ0v) is 12.4. The molecular weight excluding hydrogens is 301 g/mol. The van der Waals surface area contributed by atoms with Crippen molar-refractivity contribution < 1.29 is 27.4 Å². The summed E-state index contributed by atoms with van der Waals surface area (Å²) in [7, 11) is 0. The molecule has 0 radical (unpaired) electrons. The highest BCUT2D eigenvalue weighted by molar-refractivity contribution is 5.89. The van der Waals surface area contributed by atoms with Gasteiger partial charge < -0.3 is 9.47 Å². The third kappa shape index (κ3) is 2.39. The molecule has 0 spiro atoms. The molecule has 3 aliphatic rings. The topological polar surface area (TPSA) is 53.3 Å². The Morgan fingerprint density at radius 1 is 1.50 bits per heavy atom. The predicted octanol–water partition coefficient (Wildman–Crippen LogP) is 2.57. The van der Waals surface area contributed by atoms with Gasteiger partial charge in [0, 0.05) is 0 Å². The van der Waals surface area contributed by atoms with Gasteiger partial charge in [0.25, 0.3) is 0 Å². The molecule has 22 heavy (non-hydrogen) atoms. The molecule has 8 heteroatoms. The van der Waals surface area contributed by atoms with Crippen LogP contribution >= 0.6 is 0 Å². The van der Waals surface area contributed by atoms with Crippen molar-refractivity contribution >= 4 is 5.97 Å². The second-order valence-corrected chi connectivity index (χ2v) is 5.95. The number of halogens is 3. The van der Waals surface area contributed by atoms with Gasteiger partial charge >= 0.3 is 12.1 Å². The number of carbonyl (C=O) groups excluding carboxylic acids is 1. The summed E-state index contributed by atoms with van der Waals surface area (Å²) in [5.41, 5.74) is -2.25. The molecule has 0 N–H and O–H groups in total. The van der Waals surface area contributed by atoms with Gasteiger partial charge in [0.15, 0.2) is 5.69 Å². The predicted molar refractivity (Wildman–Crippen MR) is 69.3 cm³/mol. The van der Waals surface area contributed by atoms with Crippen molar-refractivity contribution in [1.82, 2.24) is 9.78 Å². The van der Waals surface area contributed by atoms with E-state index in [0.717, 1.165) is 17.5 Å². The Morgan fingerprint density at radius 2 is 2.18 bits per heavy atom. The Morgan fingerprint density at radius 3 is 2.68 bits per heavy atom. The minimum atomic E-state index is -4.65. The van der Waals surface area contributed by atoms with Crippen molar-refractivity contribution in [2.75, 3.05) is 13.2 Å². The second-order valence-electron chi connectivity index (χ2n) is 5.95. The van der Waals surface area contributed by atoms with Gasteiger partial charge in [-0.3, -0.25) is 4.68 Å². The number of fused-ring (bicyclic) bond motifs is 1.